The Labute approximate surface area is 162 Å². The summed E-state index contributed by atoms with van der Waals surface area (Å²) in [6, 6.07) is 19.5. The second-order valence-corrected chi connectivity index (χ2v) is 5.92. The van der Waals surface area contributed by atoms with Crippen molar-refractivity contribution in [2.45, 2.75) is 6.54 Å². The first kappa shape index (κ1) is 19.0. The Bertz CT molecular complexity index is 946. The van der Waals surface area contributed by atoms with Crippen LogP contribution in [0.15, 0.2) is 83.1 Å². The third-order valence-corrected chi connectivity index (χ3v) is 3.97. The lowest BCUT2D eigenvalue weighted by molar-refractivity contribution is -0.117. The van der Waals surface area contributed by atoms with Gasteiger partial charge in [0.2, 0.25) is 0 Å². The molecule has 142 valence electrons. The van der Waals surface area contributed by atoms with Gasteiger partial charge in [-0.05, 0) is 42.0 Å². The van der Waals surface area contributed by atoms with Crippen LogP contribution in [0.5, 0.6) is 5.75 Å². The molecule has 0 atom stereocenters. The number of hydrogen-bond donors (Lipinski definition) is 2. The molecular weight excluding hydrogens is 356 g/mol. The summed E-state index contributed by atoms with van der Waals surface area (Å²) in [4.78, 5) is 25.2. The highest BCUT2D eigenvalue weighted by Crippen LogP contribution is 2.12. The van der Waals surface area contributed by atoms with Crippen molar-refractivity contribution in [2.24, 2.45) is 0 Å². The fourth-order valence-corrected chi connectivity index (χ4v) is 2.48. The zero-order valence-corrected chi connectivity index (χ0v) is 15.3. The molecular formula is C22H20N2O4. The van der Waals surface area contributed by atoms with E-state index in [0.717, 1.165) is 5.56 Å². The first-order valence-corrected chi connectivity index (χ1v) is 8.68. The molecule has 0 saturated heterocycles. The second kappa shape index (κ2) is 9.23. The van der Waals surface area contributed by atoms with Gasteiger partial charge in [0.25, 0.3) is 11.8 Å². The van der Waals surface area contributed by atoms with Gasteiger partial charge in [-0.25, -0.2) is 0 Å². The van der Waals surface area contributed by atoms with Crippen molar-refractivity contribution in [3.8, 4) is 5.75 Å². The van der Waals surface area contributed by atoms with E-state index in [1.54, 1.807) is 43.5 Å². The number of carbonyl (C=O) groups excluding carboxylic acids is 2. The van der Waals surface area contributed by atoms with E-state index in [0.29, 0.717) is 23.6 Å². The molecule has 3 rings (SSSR count). The molecule has 2 aromatic carbocycles. The zero-order valence-electron chi connectivity index (χ0n) is 15.3. The Balaban J connectivity index is 1.74. The molecule has 0 aliphatic rings. The molecule has 0 spiro atoms. The van der Waals surface area contributed by atoms with Crippen LogP contribution in [0.4, 0.5) is 0 Å². The highest BCUT2D eigenvalue weighted by Gasteiger charge is 2.15. The van der Waals surface area contributed by atoms with E-state index < -0.39 is 11.8 Å². The number of hydrogen-bond acceptors (Lipinski definition) is 4. The molecule has 0 unspecified atom stereocenters. The zero-order chi connectivity index (χ0) is 19.8. The summed E-state index contributed by atoms with van der Waals surface area (Å²) in [5.74, 6) is 0.279. The van der Waals surface area contributed by atoms with Crippen LogP contribution >= 0.6 is 0 Å². The van der Waals surface area contributed by atoms with Gasteiger partial charge < -0.3 is 19.8 Å². The van der Waals surface area contributed by atoms with Crippen LogP contribution in [0, 0.1) is 0 Å². The minimum atomic E-state index is -0.415. The lowest BCUT2D eigenvalue weighted by Crippen LogP contribution is -2.34. The maximum atomic E-state index is 12.7. The quantitative estimate of drug-likeness (QED) is 0.620. The first-order chi connectivity index (χ1) is 13.7. The van der Waals surface area contributed by atoms with Gasteiger partial charge in [0, 0.05) is 18.2 Å². The van der Waals surface area contributed by atoms with Crippen LogP contribution in [-0.4, -0.2) is 18.9 Å². The van der Waals surface area contributed by atoms with Crippen molar-refractivity contribution in [2.75, 3.05) is 7.11 Å². The molecule has 1 heterocycles. The van der Waals surface area contributed by atoms with E-state index in [9.17, 15) is 9.59 Å². The van der Waals surface area contributed by atoms with Crippen LogP contribution in [0.3, 0.4) is 0 Å². The minimum Gasteiger partial charge on any atom is -0.497 e. The van der Waals surface area contributed by atoms with Gasteiger partial charge in [-0.3, -0.25) is 9.59 Å². The van der Waals surface area contributed by atoms with Crippen molar-refractivity contribution in [3.05, 3.63) is 95.6 Å². The molecule has 0 aliphatic carbocycles. The Morgan fingerprint density at radius 1 is 1.00 bits per heavy atom. The summed E-state index contributed by atoms with van der Waals surface area (Å²) in [5.41, 5.74) is 1.45. The van der Waals surface area contributed by atoms with E-state index in [4.69, 9.17) is 9.15 Å². The average molecular weight is 376 g/mol. The number of carbonyl (C=O) groups is 2. The van der Waals surface area contributed by atoms with Crippen molar-refractivity contribution >= 4 is 17.9 Å². The van der Waals surface area contributed by atoms with Gasteiger partial charge in [0.1, 0.15) is 17.2 Å². The van der Waals surface area contributed by atoms with E-state index in [-0.39, 0.29) is 5.70 Å². The van der Waals surface area contributed by atoms with E-state index in [1.165, 1.54) is 12.3 Å². The molecule has 6 heteroatoms. The molecule has 2 amide bonds. The molecule has 1 aromatic heterocycles. The molecule has 0 radical (unpaired) electrons. The summed E-state index contributed by atoms with van der Waals surface area (Å²) in [6.07, 6.45) is 2.98. The molecule has 0 aliphatic heterocycles. The van der Waals surface area contributed by atoms with Crippen LogP contribution in [0.1, 0.15) is 21.7 Å². The standard InChI is InChI=1S/C22H20N2O4/c1-27-18-11-9-17(10-12-18)21(25)24-20(14-19-8-5-13-28-19)22(26)23-15-16-6-3-2-4-7-16/h2-14H,15H2,1H3,(H,23,26)(H,24,25)/b20-14-. The highest BCUT2D eigenvalue weighted by molar-refractivity contribution is 6.05. The van der Waals surface area contributed by atoms with Crippen LogP contribution in [-0.2, 0) is 11.3 Å². The predicted molar refractivity (Wildman–Crippen MR) is 105 cm³/mol. The summed E-state index contributed by atoms with van der Waals surface area (Å²) in [5, 5.41) is 5.46. The van der Waals surface area contributed by atoms with E-state index >= 15 is 0 Å². The van der Waals surface area contributed by atoms with Crippen LogP contribution in [0.25, 0.3) is 6.08 Å². The van der Waals surface area contributed by atoms with Crippen molar-refractivity contribution in [3.63, 3.8) is 0 Å². The van der Waals surface area contributed by atoms with Gasteiger partial charge in [-0.1, -0.05) is 30.3 Å². The Morgan fingerprint density at radius 3 is 2.39 bits per heavy atom. The average Bonchev–Trinajstić information content (AvgIpc) is 3.25. The summed E-state index contributed by atoms with van der Waals surface area (Å²) < 4.78 is 10.4. The lowest BCUT2D eigenvalue weighted by Gasteiger charge is -2.11. The molecule has 28 heavy (non-hydrogen) atoms. The van der Waals surface area contributed by atoms with Gasteiger partial charge in [-0.2, -0.15) is 0 Å². The number of nitrogens with one attached hydrogen (secondary N) is 2. The van der Waals surface area contributed by atoms with Gasteiger partial charge in [0.15, 0.2) is 0 Å². The molecule has 0 bridgehead atoms. The maximum Gasteiger partial charge on any atom is 0.268 e. The van der Waals surface area contributed by atoms with Gasteiger partial charge in [-0.15, -0.1) is 0 Å². The number of methoxy groups -OCH3 is 1. The molecule has 3 aromatic rings. The Morgan fingerprint density at radius 2 is 1.75 bits per heavy atom. The largest absolute Gasteiger partial charge is 0.497 e. The topological polar surface area (TPSA) is 80.6 Å². The third kappa shape index (κ3) is 5.11. The van der Waals surface area contributed by atoms with Gasteiger partial charge in [0.05, 0.1) is 13.4 Å². The van der Waals surface area contributed by atoms with Gasteiger partial charge >= 0.3 is 0 Å². The normalized spacial score (nSPS) is 11.0. The minimum absolute atomic E-state index is 0.0895. The Kier molecular flexibility index (Phi) is 6.25. The number of amides is 2. The van der Waals surface area contributed by atoms with Crippen molar-refractivity contribution in [1.82, 2.24) is 10.6 Å². The fourth-order valence-electron chi connectivity index (χ4n) is 2.48. The van der Waals surface area contributed by atoms with E-state index in [2.05, 4.69) is 10.6 Å². The van der Waals surface area contributed by atoms with Crippen molar-refractivity contribution in [1.29, 1.82) is 0 Å². The highest BCUT2D eigenvalue weighted by atomic mass is 16.5. The number of benzene rings is 2. The number of furan rings is 1. The number of ether oxygens (including phenoxy) is 1. The SMILES string of the molecule is COc1ccc(C(=O)N/C(=C\c2ccco2)C(=O)NCc2ccccc2)cc1. The molecule has 6 nitrogen and oxygen atoms in total. The molecule has 0 saturated carbocycles. The maximum absolute atomic E-state index is 12.7. The summed E-state index contributed by atoms with van der Waals surface area (Å²) >= 11 is 0. The lowest BCUT2D eigenvalue weighted by atomic mass is 10.2. The fraction of sp³-hybridized carbons (Fsp3) is 0.0909. The smallest absolute Gasteiger partial charge is 0.268 e. The van der Waals surface area contributed by atoms with E-state index in [1.807, 2.05) is 30.3 Å². The third-order valence-electron chi connectivity index (χ3n) is 3.97. The Hall–Kier alpha value is -3.80. The molecule has 0 fully saturated rings. The summed E-state index contributed by atoms with van der Waals surface area (Å²) in [6.45, 7) is 0.341. The summed E-state index contributed by atoms with van der Waals surface area (Å²) in [7, 11) is 1.55. The van der Waals surface area contributed by atoms with Crippen LogP contribution < -0.4 is 15.4 Å². The molecule has 2 N–H and O–H groups in total. The second-order valence-electron chi connectivity index (χ2n) is 5.92. The predicted octanol–water partition coefficient (Wildman–Crippen LogP) is 3.38. The number of rotatable bonds is 7. The van der Waals surface area contributed by atoms with Crippen LogP contribution in [0.2, 0.25) is 0 Å². The first-order valence-electron chi connectivity index (χ1n) is 8.68. The van der Waals surface area contributed by atoms with Crippen molar-refractivity contribution < 1.29 is 18.7 Å². The monoisotopic (exact) mass is 376 g/mol.